The zero-order chi connectivity index (χ0) is 20.4. The number of carbonyl (C=O) groups excluding carboxylic acids is 1. The van der Waals surface area contributed by atoms with Crippen molar-refractivity contribution < 1.29 is 4.79 Å². The van der Waals surface area contributed by atoms with E-state index in [1.165, 1.54) is 23.2 Å². The Hall–Kier alpha value is -3.13. The Bertz CT molecular complexity index is 1160. The fourth-order valence-electron chi connectivity index (χ4n) is 3.31. The first-order chi connectivity index (χ1) is 14.0. The largest absolute Gasteiger partial charge is 0.302 e. The van der Waals surface area contributed by atoms with E-state index in [4.69, 9.17) is 0 Å². The third-order valence-electron chi connectivity index (χ3n) is 5.00. The van der Waals surface area contributed by atoms with Gasteiger partial charge < -0.3 is 5.32 Å². The number of aryl methyl sites for hydroxylation is 3. The Balaban J connectivity index is 1.41. The van der Waals surface area contributed by atoms with Crippen molar-refractivity contribution in [2.45, 2.75) is 40.0 Å². The lowest BCUT2D eigenvalue weighted by Crippen LogP contribution is -2.14. The number of nitrogens with zero attached hydrogens (tertiary/aromatic N) is 5. The maximum Gasteiger partial charge on any atom is 0.252 e. The van der Waals surface area contributed by atoms with Crippen LogP contribution in [0.1, 0.15) is 35.9 Å². The van der Waals surface area contributed by atoms with Crippen molar-refractivity contribution in [2.75, 3.05) is 5.32 Å². The van der Waals surface area contributed by atoms with Crippen LogP contribution in [0.15, 0.2) is 36.0 Å². The first-order valence-corrected chi connectivity index (χ1v) is 10.4. The van der Waals surface area contributed by atoms with Gasteiger partial charge in [0.05, 0.1) is 5.69 Å². The molecule has 8 heteroatoms. The molecule has 0 aliphatic heterocycles. The van der Waals surface area contributed by atoms with Gasteiger partial charge in [-0.25, -0.2) is 14.5 Å². The highest BCUT2D eigenvalue weighted by Gasteiger charge is 2.14. The fraction of sp³-hybridized carbons (Fsp3) is 0.286. The van der Waals surface area contributed by atoms with Crippen LogP contribution in [0.4, 0.5) is 5.13 Å². The lowest BCUT2D eigenvalue weighted by molar-refractivity contribution is -0.116. The molecular formula is C21H22N6OS. The summed E-state index contributed by atoms with van der Waals surface area (Å²) in [6.07, 6.45) is 3.44. The molecule has 0 radical (unpaired) electrons. The molecule has 0 saturated carbocycles. The van der Waals surface area contributed by atoms with Gasteiger partial charge in [-0.15, -0.1) is 11.3 Å². The van der Waals surface area contributed by atoms with E-state index in [-0.39, 0.29) is 5.91 Å². The van der Waals surface area contributed by atoms with Crippen LogP contribution in [0.3, 0.4) is 0 Å². The Morgan fingerprint density at radius 1 is 1.17 bits per heavy atom. The predicted octanol–water partition coefficient (Wildman–Crippen LogP) is 4.00. The number of nitrogens with one attached hydrogen (secondary N) is 1. The SMILES string of the molecule is CCc1ccc(-c2csc(NC(=O)CCc3c(C)nc4ncnn4c3C)n2)cc1. The van der Waals surface area contributed by atoms with Crippen LogP contribution in [0, 0.1) is 13.8 Å². The van der Waals surface area contributed by atoms with Gasteiger partial charge in [0.15, 0.2) is 5.13 Å². The van der Waals surface area contributed by atoms with Crippen LogP contribution in [-0.4, -0.2) is 30.5 Å². The highest BCUT2D eigenvalue weighted by molar-refractivity contribution is 7.14. The summed E-state index contributed by atoms with van der Waals surface area (Å²) in [5.41, 5.74) is 6.08. The normalized spacial score (nSPS) is 11.1. The number of hydrogen-bond donors (Lipinski definition) is 1. The summed E-state index contributed by atoms with van der Waals surface area (Å²) < 4.78 is 1.71. The minimum absolute atomic E-state index is 0.0651. The summed E-state index contributed by atoms with van der Waals surface area (Å²) in [5, 5.41) is 9.68. The second-order valence-electron chi connectivity index (χ2n) is 6.87. The van der Waals surface area contributed by atoms with Crippen LogP contribution < -0.4 is 5.32 Å². The number of amides is 1. The van der Waals surface area contributed by atoms with Crippen molar-refractivity contribution >= 4 is 28.2 Å². The van der Waals surface area contributed by atoms with Gasteiger partial charge in [0.25, 0.3) is 5.78 Å². The molecule has 0 bridgehead atoms. The van der Waals surface area contributed by atoms with Gasteiger partial charge in [0.2, 0.25) is 5.91 Å². The van der Waals surface area contributed by atoms with Crippen LogP contribution in [-0.2, 0) is 17.6 Å². The second kappa shape index (κ2) is 8.08. The molecular weight excluding hydrogens is 384 g/mol. The van der Waals surface area contributed by atoms with Crippen molar-refractivity contribution in [3.63, 3.8) is 0 Å². The van der Waals surface area contributed by atoms with E-state index < -0.39 is 0 Å². The van der Waals surface area contributed by atoms with Crippen LogP contribution in [0.5, 0.6) is 0 Å². The van der Waals surface area contributed by atoms with Crippen LogP contribution in [0.25, 0.3) is 17.0 Å². The molecule has 4 rings (SSSR count). The molecule has 0 aliphatic rings. The van der Waals surface area contributed by atoms with Crippen molar-refractivity contribution in [2.24, 2.45) is 0 Å². The Morgan fingerprint density at radius 3 is 2.72 bits per heavy atom. The number of benzene rings is 1. The zero-order valence-electron chi connectivity index (χ0n) is 16.6. The molecule has 148 valence electrons. The van der Waals surface area contributed by atoms with E-state index in [0.717, 1.165) is 34.6 Å². The van der Waals surface area contributed by atoms with E-state index in [9.17, 15) is 4.79 Å². The maximum absolute atomic E-state index is 12.5. The first-order valence-electron chi connectivity index (χ1n) is 9.55. The van der Waals surface area contributed by atoms with Gasteiger partial charge in [-0.05, 0) is 37.8 Å². The molecule has 0 unspecified atom stereocenters. The minimum Gasteiger partial charge on any atom is -0.302 e. The Labute approximate surface area is 172 Å². The van der Waals surface area contributed by atoms with Gasteiger partial charge in [-0.2, -0.15) is 10.1 Å². The van der Waals surface area contributed by atoms with Crippen molar-refractivity contribution in [3.05, 3.63) is 58.5 Å². The number of thiazole rings is 1. The Kier molecular flexibility index (Phi) is 5.35. The number of anilines is 1. The topological polar surface area (TPSA) is 85.1 Å². The molecule has 1 aromatic carbocycles. The minimum atomic E-state index is -0.0651. The first kappa shape index (κ1) is 19.2. The molecule has 4 aromatic rings. The van der Waals surface area contributed by atoms with E-state index in [1.54, 1.807) is 4.52 Å². The number of hydrogen-bond acceptors (Lipinski definition) is 6. The van der Waals surface area contributed by atoms with Crippen LogP contribution in [0.2, 0.25) is 0 Å². The average Bonchev–Trinajstić information content (AvgIpc) is 3.37. The maximum atomic E-state index is 12.5. The summed E-state index contributed by atoms with van der Waals surface area (Å²) in [7, 11) is 0. The molecule has 3 heterocycles. The molecule has 0 saturated heterocycles. The van der Waals surface area contributed by atoms with Gasteiger partial charge in [0, 0.05) is 28.8 Å². The summed E-state index contributed by atoms with van der Waals surface area (Å²) in [4.78, 5) is 25.6. The fourth-order valence-corrected chi connectivity index (χ4v) is 4.05. The number of fused-ring (bicyclic) bond motifs is 1. The van der Waals surface area contributed by atoms with E-state index in [2.05, 4.69) is 56.6 Å². The number of rotatable bonds is 6. The summed E-state index contributed by atoms with van der Waals surface area (Å²) >= 11 is 1.44. The third kappa shape index (κ3) is 4.02. The Morgan fingerprint density at radius 2 is 1.97 bits per heavy atom. The standard InChI is InChI=1S/C21H22N6OS/c1-4-15-5-7-16(8-6-15)18-11-29-21(25-18)26-19(28)10-9-17-13(2)24-20-22-12-23-27(20)14(17)3/h5-8,11-12H,4,9-10H2,1-3H3,(H,25,26,28). The molecule has 1 amide bonds. The molecule has 0 atom stereocenters. The van der Waals surface area contributed by atoms with Gasteiger partial charge >= 0.3 is 0 Å². The smallest absolute Gasteiger partial charge is 0.252 e. The highest BCUT2D eigenvalue weighted by atomic mass is 32.1. The molecule has 3 aromatic heterocycles. The summed E-state index contributed by atoms with van der Waals surface area (Å²) in [6, 6.07) is 8.35. The van der Waals surface area contributed by atoms with Crippen LogP contribution >= 0.6 is 11.3 Å². The second-order valence-corrected chi connectivity index (χ2v) is 7.73. The quantitative estimate of drug-likeness (QED) is 0.523. The molecule has 0 fully saturated rings. The summed E-state index contributed by atoms with van der Waals surface area (Å²) in [5.74, 6) is 0.514. The van der Waals surface area contributed by atoms with Gasteiger partial charge in [0.1, 0.15) is 6.33 Å². The van der Waals surface area contributed by atoms with Crippen molar-refractivity contribution in [1.29, 1.82) is 0 Å². The van der Waals surface area contributed by atoms with E-state index in [0.29, 0.717) is 23.8 Å². The lowest BCUT2D eigenvalue weighted by atomic mass is 10.1. The molecule has 0 spiro atoms. The molecule has 29 heavy (non-hydrogen) atoms. The molecule has 7 nitrogen and oxygen atoms in total. The van der Waals surface area contributed by atoms with Crippen molar-refractivity contribution in [1.82, 2.24) is 24.6 Å². The summed E-state index contributed by atoms with van der Waals surface area (Å²) in [6.45, 7) is 6.04. The van der Waals surface area contributed by atoms with E-state index in [1.807, 2.05) is 19.2 Å². The predicted molar refractivity (Wildman–Crippen MR) is 114 cm³/mol. The number of aromatic nitrogens is 5. The molecule has 1 N–H and O–H groups in total. The van der Waals surface area contributed by atoms with E-state index >= 15 is 0 Å². The highest BCUT2D eigenvalue weighted by Crippen LogP contribution is 2.25. The van der Waals surface area contributed by atoms with Gasteiger partial charge in [-0.1, -0.05) is 31.2 Å². The molecule has 0 aliphatic carbocycles. The lowest BCUT2D eigenvalue weighted by Gasteiger charge is -2.10. The zero-order valence-corrected chi connectivity index (χ0v) is 17.5. The van der Waals surface area contributed by atoms with Gasteiger partial charge in [-0.3, -0.25) is 4.79 Å². The monoisotopic (exact) mass is 406 g/mol. The average molecular weight is 407 g/mol. The van der Waals surface area contributed by atoms with Crippen molar-refractivity contribution in [3.8, 4) is 11.3 Å². The number of carbonyl (C=O) groups is 1. The third-order valence-corrected chi connectivity index (χ3v) is 5.76.